The fourth-order valence-corrected chi connectivity index (χ4v) is 5.15. The van der Waals surface area contributed by atoms with Crippen LogP contribution in [0.3, 0.4) is 0 Å². The Labute approximate surface area is 172 Å². The number of hydrogen-bond acceptors (Lipinski definition) is 3. The zero-order valence-electron chi connectivity index (χ0n) is 16.6. The predicted molar refractivity (Wildman–Crippen MR) is 111 cm³/mol. The molecule has 2 aliphatic rings. The highest BCUT2D eigenvalue weighted by atomic mass is 35.5. The number of para-hydroxylation sites is 1. The van der Waals surface area contributed by atoms with Gasteiger partial charge in [0.15, 0.2) is 0 Å². The molecule has 1 unspecified atom stereocenters. The summed E-state index contributed by atoms with van der Waals surface area (Å²) in [6, 6.07) is 8.19. The quantitative estimate of drug-likeness (QED) is 0.612. The van der Waals surface area contributed by atoms with E-state index in [-0.39, 0.29) is 5.24 Å². The number of carbonyl (C=O) groups excluding carboxylic acids is 1. The molecule has 1 aromatic carbocycles. The van der Waals surface area contributed by atoms with Gasteiger partial charge < -0.3 is 4.74 Å². The molecule has 2 aromatic rings. The molecule has 1 heterocycles. The van der Waals surface area contributed by atoms with E-state index >= 15 is 0 Å². The summed E-state index contributed by atoms with van der Waals surface area (Å²) in [4.78, 5) is 12.4. The van der Waals surface area contributed by atoms with E-state index in [1.165, 1.54) is 56.2 Å². The van der Waals surface area contributed by atoms with Crippen LogP contribution in [0, 0.1) is 0 Å². The van der Waals surface area contributed by atoms with E-state index in [2.05, 4.69) is 4.68 Å². The van der Waals surface area contributed by atoms with E-state index < -0.39 is 5.92 Å². The smallest absolute Gasteiger partial charge is 0.229 e. The summed E-state index contributed by atoms with van der Waals surface area (Å²) in [5.74, 6) is 0.278. The van der Waals surface area contributed by atoms with Gasteiger partial charge in [-0.3, -0.25) is 9.48 Å². The zero-order chi connectivity index (χ0) is 19.5. The van der Waals surface area contributed by atoms with E-state index in [1.807, 2.05) is 24.3 Å². The Morgan fingerprint density at radius 1 is 1.18 bits per heavy atom. The van der Waals surface area contributed by atoms with Crippen LogP contribution in [0.25, 0.3) is 0 Å². The Kier molecular flexibility index (Phi) is 6.05. The first-order chi connectivity index (χ1) is 13.7. The van der Waals surface area contributed by atoms with Crippen molar-refractivity contribution in [2.45, 2.75) is 76.2 Å². The minimum Gasteiger partial charge on any atom is -0.496 e. The molecule has 1 fully saturated rings. The van der Waals surface area contributed by atoms with Crippen molar-refractivity contribution < 1.29 is 9.53 Å². The molecule has 5 heteroatoms. The van der Waals surface area contributed by atoms with Gasteiger partial charge in [0.25, 0.3) is 0 Å². The maximum absolute atomic E-state index is 12.4. The Bertz CT molecular complexity index is 839. The van der Waals surface area contributed by atoms with Crippen molar-refractivity contribution in [3.8, 4) is 5.75 Å². The van der Waals surface area contributed by atoms with Crippen molar-refractivity contribution >= 4 is 16.8 Å². The third kappa shape index (κ3) is 3.84. The molecule has 150 valence electrons. The monoisotopic (exact) mass is 400 g/mol. The molecule has 0 aliphatic heterocycles. The number of halogens is 1. The molecule has 0 saturated heterocycles. The highest BCUT2D eigenvalue weighted by molar-refractivity contribution is 6.64. The summed E-state index contributed by atoms with van der Waals surface area (Å²) in [7, 11) is 1.63. The van der Waals surface area contributed by atoms with Crippen LogP contribution in [0.15, 0.2) is 24.3 Å². The second-order valence-corrected chi connectivity index (χ2v) is 8.49. The normalized spacial score (nSPS) is 18.5. The maximum atomic E-state index is 12.4. The summed E-state index contributed by atoms with van der Waals surface area (Å²) in [5, 5.41) is 4.74. The van der Waals surface area contributed by atoms with E-state index in [9.17, 15) is 4.79 Å². The van der Waals surface area contributed by atoms with Crippen LogP contribution in [-0.2, 0) is 24.1 Å². The maximum Gasteiger partial charge on any atom is 0.229 e. The van der Waals surface area contributed by atoms with Crippen LogP contribution in [0.5, 0.6) is 5.75 Å². The number of carbonyl (C=O) groups is 1. The number of rotatable bonds is 6. The van der Waals surface area contributed by atoms with Gasteiger partial charge in [0, 0.05) is 17.7 Å². The summed E-state index contributed by atoms with van der Waals surface area (Å²) < 4.78 is 7.81. The van der Waals surface area contributed by atoms with E-state index in [0.717, 1.165) is 24.1 Å². The first-order valence-electron chi connectivity index (χ1n) is 10.6. The van der Waals surface area contributed by atoms with Gasteiger partial charge in [0.1, 0.15) is 5.75 Å². The molecule has 4 nitrogen and oxygen atoms in total. The predicted octanol–water partition coefficient (Wildman–Crippen LogP) is 5.37. The molecule has 0 radical (unpaired) electrons. The van der Waals surface area contributed by atoms with Crippen LogP contribution in [0.2, 0.25) is 0 Å². The average Bonchev–Trinajstić information content (AvgIpc) is 3.11. The van der Waals surface area contributed by atoms with Gasteiger partial charge >= 0.3 is 0 Å². The first kappa shape index (κ1) is 19.5. The van der Waals surface area contributed by atoms with Crippen LogP contribution < -0.4 is 4.74 Å². The fourth-order valence-electron chi connectivity index (χ4n) is 4.96. The van der Waals surface area contributed by atoms with E-state index in [1.54, 1.807) is 7.11 Å². The van der Waals surface area contributed by atoms with Crippen molar-refractivity contribution in [3.63, 3.8) is 0 Å². The summed E-state index contributed by atoms with van der Waals surface area (Å²) in [6.07, 6.45) is 11.5. The lowest BCUT2D eigenvalue weighted by Crippen LogP contribution is -2.18. The highest BCUT2D eigenvalue weighted by Gasteiger charge is 2.30. The molecule has 1 saturated carbocycles. The third-order valence-corrected chi connectivity index (χ3v) is 6.66. The van der Waals surface area contributed by atoms with Crippen molar-refractivity contribution in [2.75, 3.05) is 7.11 Å². The Hall–Kier alpha value is -1.81. The van der Waals surface area contributed by atoms with Gasteiger partial charge in [-0.15, -0.1) is 0 Å². The summed E-state index contributed by atoms with van der Waals surface area (Å²) >= 11 is 6.07. The third-order valence-electron chi connectivity index (χ3n) is 6.40. The van der Waals surface area contributed by atoms with Gasteiger partial charge in [0.05, 0.1) is 24.8 Å². The van der Waals surface area contributed by atoms with Crippen molar-refractivity contribution in [2.24, 2.45) is 0 Å². The van der Waals surface area contributed by atoms with Gasteiger partial charge in [-0.1, -0.05) is 37.5 Å². The van der Waals surface area contributed by atoms with Crippen LogP contribution in [0.4, 0.5) is 0 Å². The Morgan fingerprint density at radius 2 is 1.93 bits per heavy atom. The second kappa shape index (κ2) is 8.69. The number of benzene rings is 1. The molecule has 0 bridgehead atoms. The molecule has 0 spiro atoms. The SMILES string of the molecule is COc1ccccc1C(Cc1nn(C2CCCCC2)c2c1CCCC2)C(=O)Cl. The van der Waals surface area contributed by atoms with Crippen LogP contribution in [-0.4, -0.2) is 22.1 Å². The second-order valence-electron chi connectivity index (χ2n) is 8.12. The number of hydrogen-bond donors (Lipinski definition) is 0. The van der Waals surface area contributed by atoms with Crippen molar-refractivity contribution in [1.82, 2.24) is 9.78 Å². The first-order valence-corrected chi connectivity index (χ1v) is 11.0. The molecule has 1 aromatic heterocycles. The van der Waals surface area contributed by atoms with Crippen LogP contribution >= 0.6 is 11.6 Å². The van der Waals surface area contributed by atoms with Gasteiger partial charge in [-0.25, -0.2) is 0 Å². The molecule has 0 N–H and O–H groups in total. The van der Waals surface area contributed by atoms with Gasteiger partial charge in [0.2, 0.25) is 5.24 Å². The number of aromatic nitrogens is 2. The van der Waals surface area contributed by atoms with Crippen LogP contribution in [0.1, 0.15) is 79.4 Å². The summed E-state index contributed by atoms with van der Waals surface area (Å²) in [5.41, 5.74) is 4.69. The Morgan fingerprint density at radius 3 is 2.68 bits per heavy atom. The van der Waals surface area contributed by atoms with Crippen molar-refractivity contribution in [3.05, 3.63) is 46.8 Å². The fraction of sp³-hybridized carbons (Fsp3) is 0.565. The molecule has 1 atom stereocenters. The molecule has 0 amide bonds. The highest BCUT2D eigenvalue weighted by Crippen LogP contribution is 2.36. The lowest BCUT2D eigenvalue weighted by atomic mass is 9.89. The van der Waals surface area contributed by atoms with E-state index in [4.69, 9.17) is 21.4 Å². The van der Waals surface area contributed by atoms with E-state index in [0.29, 0.717) is 18.2 Å². The van der Waals surface area contributed by atoms with Crippen molar-refractivity contribution in [1.29, 1.82) is 0 Å². The number of methoxy groups -OCH3 is 1. The zero-order valence-corrected chi connectivity index (χ0v) is 17.4. The standard InChI is InChI=1S/C23H29ClN2O2/c1-28-22-14-8-6-11-17(22)19(23(24)27)15-20-18-12-5-7-13-21(18)26(25-20)16-9-3-2-4-10-16/h6,8,11,14,16,19H,2-5,7,9-10,12-13,15H2,1H3. The molecular formula is C23H29ClN2O2. The number of nitrogens with zero attached hydrogens (tertiary/aromatic N) is 2. The number of fused-ring (bicyclic) bond motifs is 1. The molecule has 28 heavy (non-hydrogen) atoms. The molecule has 2 aliphatic carbocycles. The summed E-state index contributed by atoms with van der Waals surface area (Å²) in [6.45, 7) is 0. The largest absolute Gasteiger partial charge is 0.496 e. The Balaban J connectivity index is 1.69. The minimum atomic E-state index is -0.432. The molecule has 4 rings (SSSR count). The lowest BCUT2D eigenvalue weighted by Gasteiger charge is -2.25. The average molecular weight is 401 g/mol. The van der Waals surface area contributed by atoms with Gasteiger partial charge in [-0.05, 0) is 61.8 Å². The topological polar surface area (TPSA) is 44.1 Å². The number of ether oxygens (including phenoxy) is 1. The van der Waals surface area contributed by atoms with Gasteiger partial charge in [-0.2, -0.15) is 5.10 Å². The minimum absolute atomic E-state index is 0.346. The molecular weight excluding hydrogens is 372 g/mol. The lowest BCUT2D eigenvalue weighted by molar-refractivity contribution is -0.113.